The summed E-state index contributed by atoms with van der Waals surface area (Å²) in [6.07, 6.45) is 0. The van der Waals surface area contributed by atoms with E-state index in [0.717, 1.165) is 0 Å². The van der Waals surface area contributed by atoms with Crippen molar-refractivity contribution in [3.63, 3.8) is 0 Å². The molecule has 1 aromatic rings. The molecule has 1 unspecified atom stereocenters. The van der Waals surface area contributed by atoms with Crippen molar-refractivity contribution in [2.24, 2.45) is 0 Å². The van der Waals surface area contributed by atoms with Crippen LogP contribution in [0.5, 0.6) is 0 Å². The molecule has 0 radical (unpaired) electrons. The third-order valence-corrected chi connectivity index (χ3v) is 8.73. The van der Waals surface area contributed by atoms with Gasteiger partial charge in [-0.3, -0.25) is 0 Å². The van der Waals surface area contributed by atoms with E-state index in [9.17, 15) is 9.90 Å². The summed E-state index contributed by atoms with van der Waals surface area (Å²) >= 11 is 0. The number of esters is 1. The van der Waals surface area contributed by atoms with E-state index in [-0.39, 0.29) is 11.6 Å². The molecule has 0 amide bonds. The van der Waals surface area contributed by atoms with Gasteiger partial charge in [0.1, 0.15) is 0 Å². The van der Waals surface area contributed by atoms with Crippen LogP contribution < -0.4 is 0 Å². The van der Waals surface area contributed by atoms with Crippen LogP contribution in [0.25, 0.3) is 0 Å². The summed E-state index contributed by atoms with van der Waals surface area (Å²) in [5, 5.41) is 10.7. The van der Waals surface area contributed by atoms with Gasteiger partial charge in [-0.1, -0.05) is 57.0 Å². The third-order valence-electron chi connectivity index (χ3n) is 4.25. The molecule has 0 aliphatic rings. The van der Waals surface area contributed by atoms with Crippen molar-refractivity contribution >= 4 is 14.3 Å². The lowest BCUT2D eigenvalue weighted by atomic mass is 9.94. The first-order chi connectivity index (χ1) is 10.5. The van der Waals surface area contributed by atoms with E-state index in [2.05, 4.69) is 45.7 Å². The standard InChI is InChI=1S/C18H26O4Si/c1-17(2,3)23(5,6)22-14-10-13-18(20,16(19)21-4)15-11-8-7-9-12-15/h7-9,11-12,20H,14H2,1-6H3. The average molecular weight is 334 g/mol. The summed E-state index contributed by atoms with van der Waals surface area (Å²) in [6.45, 7) is 10.8. The van der Waals surface area contributed by atoms with E-state index >= 15 is 0 Å². The monoisotopic (exact) mass is 334 g/mol. The highest BCUT2D eigenvalue weighted by Crippen LogP contribution is 2.36. The number of hydrogen-bond donors (Lipinski definition) is 1. The second-order valence-corrected chi connectivity index (χ2v) is 11.7. The molecular weight excluding hydrogens is 308 g/mol. The van der Waals surface area contributed by atoms with Gasteiger partial charge in [0.25, 0.3) is 0 Å². The quantitative estimate of drug-likeness (QED) is 0.522. The van der Waals surface area contributed by atoms with E-state index in [0.29, 0.717) is 5.56 Å². The highest BCUT2D eigenvalue weighted by Gasteiger charge is 2.38. The Morgan fingerprint density at radius 2 is 1.78 bits per heavy atom. The predicted molar refractivity (Wildman–Crippen MR) is 93.3 cm³/mol. The van der Waals surface area contributed by atoms with Crippen LogP contribution in [0.3, 0.4) is 0 Å². The van der Waals surface area contributed by atoms with Gasteiger partial charge in [0.15, 0.2) is 8.32 Å². The molecular formula is C18H26O4Si. The zero-order valence-electron chi connectivity index (χ0n) is 14.8. The lowest BCUT2D eigenvalue weighted by Crippen LogP contribution is -2.41. The molecule has 0 fully saturated rings. The Labute approximate surface area is 139 Å². The lowest BCUT2D eigenvalue weighted by Gasteiger charge is -2.35. The van der Waals surface area contributed by atoms with Crippen molar-refractivity contribution in [2.75, 3.05) is 13.7 Å². The first-order valence-corrected chi connectivity index (χ1v) is 10.5. The molecule has 23 heavy (non-hydrogen) atoms. The van der Waals surface area contributed by atoms with Gasteiger partial charge >= 0.3 is 5.97 Å². The Morgan fingerprint density at radius 3 is 2.26 bits per heavy atom. The van der Waals surface area contributed by atoms with Gasteiger partial charge in [0, 0.05) is 5.56 Å². The molecule has 1 aromatic carbocycles. The van der Waals surface area contributed by atoms with Crippen LogP contribution in [0.2, 0.25) is 18.1 Å². The number of rotatable bonds is 4. The molecule has 5 heteroatoms. The van der Waals surface area contributed by atoms with Gasteiger partial charge in [0.2, 0.25) is 5.60 Å². The van der Waals surface area contributed by atoms with Crippen molar-refractivity contribution in [1.29, 1.82) is 0 Å². The molecule has 0 saturated carbocycles. The highest BCUT2D eigenvalue weighted by molar-refractivity contribution is 6.74. The molecule has 0 bridgehead atoms. The van der Waals surface area contributed by atoms with Crippen molar-refractivity contribution < 1.29 is 19.1 Å². The second kappa shape index (κ2) is 7.31. The van der Waals surface area contributed by atoms with Gasteiger partial charge in [-0.05, 0) is 24.1 Å². The molecule has 0 aliphatic carbocycles. The average Bonchev–Trinajstić information content (AvgIpc) is 2.50. The van der Waals surface area contributed by atoms with Crippen LogP contribution in [-0.4, -0.2) is 33.1 Å². The molecule has 4 nitrogen and oxygen atoms in total. The SMILES string of the molecule is COC(=O)C(O)(C#CCO[Si](C)(C)C(C)(C)C)c1ccccc1. The van der Waals surface area contributed by atoms with Crippen molar-refractivity contribution in [3.05, 3.63) is 35.9 Å². The molecule has 1 N–H and O–H groups in total. The van der Waals surface area contributed by atoms with Crippen LogP contribution in [0.4, 0.5) is 0 Å². The van der Waals surface area contributed by atoms with Crippen LogP contribution in [0, 0.1) is 11.8 Å². The van der Waals surface area contributed by atoms with Gasteiger partial charge in [-0.2, -0.15) is 0 Å². The first kappa shape index (κ1) is 19.4. The number of carbonyl (C=O) groups excluding carboxylic acids is 1. The summed E-state index contributed by atoms with van der Waals surface area (Å²) in [5.74, 6) is 4.59. The van der Waals surface area contributed by atoms with Gasteiger partial charge in [0.05, 0.1) is 13.7 Å². The third kappa shape index (κ3) is 4.68. The van der Waals surface area contributed by atoms with E-state index in [1.165, 1.54) is 7.11 Å². The van der Waals surface area contributed by atoms with Crippen LogP contribution in [-0.2, 0) is 19.6 Å². The minimum absolute atomic E-state index is 0.0762. The Kier molecular flexibility index (Phi) is 6.17. The fraction of sp³-hybridized carbons (Fsp3) is 0.500. The number of benzene rings is 1. The van der Waals surface area contributed by atoms with Crippen molar-refractivity contribution in [1.82, 2.24) is 0 Å². The fourth-order valence-corrected chi connectivity index (χ4v) is 2.53. The van der Waals surface area contributed by atoms with Crippen LogP contribution in [0.15, 0.2) is 30.3 Å². The molecule has 0 aromatic heterocycles. The van der Waals surface area contributed by atoms with Crippen molar-refractivity contribution in [2.45, 2.75) is 44.5 Å². The number of carbonyl (C=O) groups is 1. The predicted octanol–water partition coefficient (Wildman–Crippen LogP) is 3.07. The topological polar surface area (TPSA) is 55.8 Å². The summed E-state index contributed by atoms with van der Waals surface area (Å²) in [7, 11) is -0.690. The molecule has 126 valence electrons. The normalized spacial score (nSPS) is 14.4. The number of ether oxygens (including phenoxy) is 1. The summed E-state index contributed by atoms with van der Waals surface area (Å²) in [4.78, 5) is 12.0. The number of aliphatic hydroxyl groups is 1. The van der Waals surface area contributed by atoms with Crippen LogP contribution in [0.1, 0.15) is 26.3 Å². The Hall–Kier alpha value is -1.61. The molecule has 1 atom stereocenters. The van der Waals surface area contributed by atoms with E-state index in [1.807, 2.05) is 0 Å². The Balaban J connectivity index is 2.96. The van der Waals surface area contributed by atoms with Gasteiger partial charge < -0.3 is 14.3 Å². The zero-order chi connectivity index (χ0) is 17.7. The molecule has 0 saturated heterocycles. The molecule has 0 heterocycles. The molecule has 1 rings (SSSR count). The Morgan fingerprint density at radius 1 is 1.22 bits per heavy atom. The number of hydrogen-bond acceptors (Lipinski definition) is 4. The van der Waals surface area contributed by atoms with Crippen LogP contribution >= 0.6 is 0 Å². The summed E-state index contributed by atoms with van der Waals surface area (Å²) < 4.78 is 10.6. The minimum atomic E-state index is -1.98. The van der Waals surface area contributed by atoms with Gasteiger partial charge in [-0.25, -0.2) is 4.79 Å². The zero-order valence-corrected chi connectivity index (χ0v) is 15.8. The summed E-state index contributed by atoms with van der Waals surface area (Å²) in [6, 6.07) is 8.55. The molecule has 0 aliphatic heterocycles. The maximum atomic E-state index is 12.0. The van der Waals surface area contributed by atoms with Crippen molar-refractivity contribution in [3.8, 4) is 11.8 Å². The Bertz CT molecular complexity index is 593. The smallest absolute Gasteiger partial charge is 0.355 e. The highest BCUT2D eigenvalue weighted by atomic mass is 28.4. The maximum absolute atomic E-state index is 12.0. The first-order valence-electron chi connectivity index (χ1n) is 7.55. The lowest BCUT2D eigenvalue weighted by molar-refractivity contribution is -0.157. The minimum Gasteiger partial charge on any atom is -0.466 e. The maximum Gasteiger partial charge on any atom is 0.355 e. The number of methoxy groups -OCH3 is 1. The summed E-state index contributed by atoms with van der Waals surface area (Å²) in [5.41, 5.74) is -1.60. The van der Waals surface area contributed by atoms with E-state index in [1.54, 1.807) is 30.3 Å². The fourth-order valence-electron chi connectivity index (χ4n) is 1.67. The second-order valence-electron chi connectivity index (χ2n) is 6.92. The van der Waals surface area contributed by atoms with E-state index in [4.69, 9.17) is 9.16 Å². The van der Waals surface area contributed by atoms with Gasteiger partial charge in [-0.15, -0.1) is 0 Å². The van der Waals surface area contributed by atoms with E-state index < -0.39 is 19.9 Å². The molecule has 0 spiro atoms. The largest absolute Gasteiger partial charge is 0.466 e.